The van der Waals surface area contributed by atoms with Crippen LogP contribution in [0.2, 0.25) is 0 Å². The molecule has 90 valence electrons. The Kier molecular flexibility index (Phi) is 2.04. The van der Waals surface area contributed by atoms with Gasteiger partial charge >= 0.3 is 0 Å². The molecular formula is C15H20N2. The molecule has 3 aliphatic rings. The molecule has 1 N–H and O–H groups in total. The summed E-state index contributed by atoms with van der Waals surface area (Å²) in [7, 11) is 0. The molecule has 0 spiro atoms. The summed E-state index contributed by atoms with van der Waals surface area (Å²) in [5.41, 5.74) is 6.33. The van der Waals surface area contributed by atoms with E-state index in [2.05, 4.69) is 29.3 Å². The molecule has 4 rings (SSSR count). The van der Waals surface area contributed by atoms with Crippen LogP contribution in [-0.2, 0) is 6.54 Å². The quantitative estimate of drug-likeness (QED) is 0.734. The summed E-state index contributed by atoms with van der Waals surface area (Å²) in [5, 5.41) is 3.55. The zero-order chi connectivity index (χ0) is 11.4. The minimum absolute atomic E-state index is 0.810. The van der Waals surface area contributed by atoms with E-state index in [1.165, 1.54) is 36.9 Å². The van der Waals surface area contributed by atoms with Gasteiger partial charge in [0.2, 0.25) is 0 Å². The number of benzene rings is 1. The fraction of sp³-hybridized carbons (Fsp3) is 0.600. The summed E-state index contributed by atoms with van der Waals surface area (Å²) < 4.78 is 0. The first-order chi connectivity index (χ1) is 8.36. The van der Waals surface area contributed by atoms with Gasteiger partial charge in [-0.3, -0.25) is 0 Å². The van der Waals surface area contributed by atoms with E-state index >= 15 is 0 Å². The summed E-state index contributed by atoms with van der Waals surface area (Å²) in [6.45, 7) is 5.69. The first kappa shape index (κ1) is 9.95. The lowest BCUT2D eigenvalue weighted by Gasteiger charge is -2.26. The van der Waals surface area contributed by atoms with Gasteiger partial charge in [-0.2, -0.15) is 0 Å². The van der Waals surface area contributed by atoms with Crippen molar-refractivity contribution < 1.29 is 0 Å². The molecule has 0 radical (unpaired) electrons. The lowest BCUT2D eigenvalue weighted by molar-refractivity contribution is 0.577. The van der Waals surface area contributed by atoms with E-state index in [4.69, 9.17) is 0 Å². The van der Waals surface area contributed by atoms with E-state index < -0.39 is 0 Å². The van der Waals surface area contributed by atoms with Gasteiger partial charge in [0, 0.05) is 37.3 Å². The zero-order valence-electron chi connectivity index (χ0n) is 10.5. The third-order valence-electron chi connectivity index (χ3n) is 4.90. The van der Waals surface area contributed by atoms with Crippen LogP contribution in [0.15, 0.2) is 12.1 Å². The molecule has 2 heterocycles. The van der Waals surface area contributed by atoms with Crippen LogP contribution >= 0.6 is 0 Å². The van der Waals surface area contributed by atoms with Gasteiger partial charge in [-0.1, -0.05) is 18.6 Å². The largest absolute Gasteiger partial charge is 0.366 e. The number of nitrogens with one attached hydrogen (secondary N) is 1. The van der Waals surface area contributed by atoms with Crippen molar-refractivity contribution in [2.75, 3.05) is 18.0 Å². The van der Waals surface area contributed by atoms with Crippen LogP contribution in [0.3, 0.4) is 0 Å². The first-order valence-electron chi connectivity index (χ1n) is 6.96. The molecule has 0 aromatic heterocycles. The highest BCUT2D eigenvalue weighted by atomic mass is 15.2. The molecule has 2 nitrogen and oxygen atoms in total. The average molecular weight is 228 g/mol. The molecular weight excluding hydrogens is 208 g/mol. The number of aryl methyl sites for hydroxylation is 1. The van der Waals surface area contributed by atoms with E-state index in [0.29, 0.717) is 0 Å². The van der Waals surface area contributed by atoms with E-state index in [9.17, 15) is 0 Å². The maximum atomic E-state index is 3.55. The van der Waals surface area contributed by atoms with Crippen molar-refractivity contribution in [3.8, 4) is 0 Å². The van der Waals surface area contributed by atoms with Gasteiger partial charge in [0.05, 0.1) is 0 Å². The SMILES string of the molecule is Cc1ccc2c3c1[C@@H]1CCC[C@@H]1N3CCNC2. The molecule has 17 heavy (non-hydrogen) atoms. The third kappa shape index (κ3) is 1.25. The van der Waals surface area contributed by atoms with Crippen molar-refractivity contribution in [2.24, 2.45) is 0 Å². The average Bonchev–Trinajstić information content (AvgIpc) is 2.82. The first-order valence-corrected chi connectivity index (χ1v) is 6.96. The van der Waals surface area contributed by atoms with Gasteiger partial charge in [0.1, 0.15) is 0 Å². The van der Waals surface area contributed by atoms with Crippen molar-refractivity contribution in [1.29, 1.82) is 0 Å². The van der Waals surface area contributed by atoms with Crippen LogP contribution in [0.4, 0.5) is 5.69 Å². The van der Waals surface area contributed by atoms with E-state index in [1.54, 1.807) is 11.3 Å². The topological polar surface area (TPSA) is 15.3 Å². The van der Waals surface area contributed by atoms with Gasteiger partial charge in [0.15, 0.2) is 0 Å². The van der Waals surface area contributed by atoms with Crippen LogP contribution < -0.4 is 10.2 Å². The monoisotopic (exact) mass is 228 g/mol. The van der Waals surface area contributed by atoms with E-state index in [-0.39, 0.29) is 0 Å². The van der Waals surface area contributed by atoms with Gasteiger partial charge in [-0.05, 0) is 36.5 Å². The molecule has 0 bridgehead atoms. The van der Waals surface area contributed by atoms with Crippen LogP contribution in [0.25, 0.3) is 0 Å². The van der Waals surface area contributed by atoms with Crippen molar-refractivity contribution in [3.05, 3.63) is 28.8 Å². The molecule has 2 atom stereocenters. The van der Waals surface area contributed by atoms with Crippen molar-refractivity contribution in [3.63, 3.8) is 0 Å². The Morgan fingerprint density at radius 1 is 1.29 bits per heavy atom. The molecule has 1 saturated carbocycles. The standard InChI is InChI=1S/C15H20N2/c1-10-5-6-11-9-16-7-8-17-13-4-2-3-12(13)14(10)15(11)17/h5-6,12-13,16H,2-4,7-9H2,1H3/t12-,13+/m1/s1. The number of rotatable bonds is 0. The van der Waals surface area contributed by atoms with Crippen LogP contribution in [0.1, 0.15) is 41.9 Å². The van der Waals surface area contributed by atoms with Crippen LogP contribution in [0.5, 0.6) is 0 Å². The minimum Gasteiger partial charge on any atom is -0.366 e. The van der Waals surface area contributed by atoms with E-state index in [1.807, 2.05) is 0 Å². The van der Waals surface area contributed by atoms with Crippen molar-refractivity contribution in [2.45, 2.75) is 44.7 Å². The maximum Gasteiger partial charge on any atom is 0.0453 e. The molecule has 1 aromatic carbocycles. The molecule has 0 unspecified atom stereocenters. The molecule has 2 aliphatic heterocycles. The number of hydrogen-bond donors (Lipinski definition) is 1. The molecule has 2 heteroatoms. The highest BCUT2D eigenvalue weighted by molar-refractivity contribution is 5.69. The third-order valence-corrected chi connectivity index (χ3v) is 4.90. The summed E-state index contributed by atoms with van der Waals surface area (Å²) in [6, 6.07) is 5.48. The minimum atomic E-state index is 0.810. The zero-order valence-corrected chi connectivity index (χ0v) is 10.5. The van der Waals surface area contributed by atoms with Gasteiger partial charge < -0.3 is 10.2 Å². The van der Waals surface area contributed by atoms with Crippen LogP contribution in [0, 0.1) is 6.92 Å². The second kappa shape index (κ2) is 3.49. The Bertz CT molecular complexity index is 466. The Balaban J connectivity index is 1.96. The smallest absolute Gasteiger partial charge is 0.0453 e. The summed E-state index contributed by atoms with van der Waals surface area (Å²) in [4.78, 5) is 2.72. The van der Waals surface area contributed by atoms with Gasteiger partial charge in [-0.15, -0.1) is 0 Å². The van der Waals surface area contributed by atoms with Gasteiger partial charge in [0.25, 0.3) is 0 Å². The summed E-state index contributed by atoms with van der Waals surface area (Å²) >= 11 is 0. The normalized spacial score (nSPS) is 30.1. The molecule has 1 aliphatic carbocycles. The number of anilines is 1. The fourth-order valence-electron chi connectivity index (χ4n) is 4.22. The predicted molar refractivity (Wildman–Crippen MR) is 70.6 cm³/mol. The Labute approximate surface area is 103 Å². The lowest BCUT2D eigenvalue weighted by Crippen LogP contribution is -2.35. The second-order valence-electron chi connectivity index (χ2n) is 5.78. The molecule has 0 saturated heterocycles. The summed E-state index contributed by atoms with van der Waals surface area (Å²) in [5.74, 6) is 0.836. The number of fused-ring (bicyclic) bond motifs is 3. The number of nitrogens with zero attached hydrogens (tertiary/aromatic N) is 1. The van der Waals surface area contributed by atoms with E-state index in [0.717, 1.165) is 25.0 Å². The predicted octanol–water partition coefficient (Wildman–Crippen LogP) is 2.55. The molecule has 1 fully saturated rings. The lowest BCUT2D eigenvalue weighted by atomic mass is 9.92. The van der Waals surface area contributed by atoms with Crippen molar-refractivity contribution in [1.82, 2.24) is 5.32 Å². The Morgan fingerprint density at radius 2 is 2.24 bits per heavy atom. The Morgan fingerprint density at radius 3 is 3.18 bits per heavy atom. The highest BCUT2D eigenvalue weighted by Crippen LogP contribution is 2.51. The molecule has 1 aromatic rings. The van der Waals surface area contributed by atoms with Crippen molar-refractivity contribution >= 4 is 5.69 Å². The van der Waals surface area contributed by atoms with Crippen LogP contribution in [-0.4, -0.2) is 19.1 Å². The molecule has 0 amide bonds. The van der Waals surface area contributed by atoms with Gasteiger partial charge in [-0.25, -0.2) is 0 Å². The highest BCUT2D eigenvalue weighted by Gasteiger charge is 2.43. The maximum absolute atomic E-state index is 3.55. The number of hydrogen-bond acceptors (Lipinski definition) is 2. The summed E-state index contributed by atoms with van der Waals surface area (Å²) in [6.07, 6.45) is 4.23. The fourth-order valence-corrected chi connectivity index (χ4v) is 4.22. The Hall–Kier alpha value is -1.02. The second-order valence-corrected chi connectivity index (χ2v) is 5.78.